The van der Waals surface area contributed by atoms with Gasteiger partial charge in [0.2, 0.25) is 11.8 Å². The number of carbonyl (C=O) groups excluding carboxylic acids is 2. The van der Waals surface area contributed by atoms with Crippen LogP contribution in [0.15, 0.2) is 0 Å². The minimum absolute atomic E-state index is 0.0164. The number of morpholine rings is 1. The second kappa shape index (κ2) is 6.75. The van der Waals surface area contributed by atoms with Gasteiger partial charge in [-0.1, -0.05) is 0 Å². The number of hydrogen-bond donors (Lipinski definition) is 2. The van der Waals surface area contributed by atoms with Gasteiger partial charge in [-0.2, -0.15) is 0 Å². The van der Waals surface area contributed by atoms with E-state index < -0.39 is 0 Å². The number of amides is 2. The smallest absolute Gasteiger partial charge is 0.225 e. The van der Waals surface area contributed by atoms with Gasteiger partial charge in [0, 0.05) is 18.5 Å². The SMILES string of the molecule is CC(C)(C)N1C[C@@H](C(=O)NCC[NH+]2CCOCC2)CC1=O. The molecule has 2 amide bonds. The van der Waals surface area contributed by atoms with Crippen molar-refractivity contribution in [2.45, 2.75) is 32.7 Å². The van der Waals surface area contributed by atoms with E-state index in [9.17, 15) is 9.59 Å². The molecule has 0 aromatic carbocycles. The fourth-order valence-electron chi connectivity index (χ4n) is 2.95. The molecule has 0 aliphatic carbocycles. The Labute approximate surface area is 126 Å². The number of hydrogen-bond acceptors (Lipinski definition) is 3. The second-order valence-electron chi connectivity index (χ2n) is 6.98. The van der Waals surface area contributed by atoms with Crippen molar-refractivity contribution in [2.75, 3.05) is 45.9 Å². The average Bonchev–Trinajstić information content (AvgIpc) is 2.82. The van der Waals surface area contributed by atoms with Crippen LogP contribution in [0.25, 0.3) is 0 Å². The maximum atomic E-state index is 12.2. The number of rotatable bonds is 4. The molecule has 0 radical (unpaired) electrons. The molecule has 2 N–H and O–H groups in total. The summed E-state index contributed by atoms with van der Waals surface area (Å²) in [7, 11) is 0. The van der Waals surface area contributed by atoms with Crippen LogP contribution in [-0.4, -0.2) is 68.2 Å². The molecule has 2 aliphatic heterocycles. The third kappa shape index (κ3) is 4.41. The number of nitrogens with zero attached hydrogens (tertiary/aromatic N) is 1. The fourth-order valence-corrected chi connectivity index (χ4v) is 2.95. The maximum absolute atomic E-state index is 12.2. The lowest BCUT2D eigenvalue weighted by Gasteiger charge is -2.32. The summed E-state index contributed by atoms with van der Waals surface area (Å²) >= 11 is 0. The van der Waals surface area contributed by atoms with E-state index in [1.165, 1.54) is 4.90 Å². The normalized spacial score (nSPS) is 24.4. The summed E-state index contributed by atoms with van der Waals surface area (Å²) in [5.74, 6) is -0.0966. The lowest BCUT2D eigenvalue weighted by molar-refractivity contribution is -0.906. The first kappa shape index (κ1) is 16.2. The Hall–Kier alpha value is -1.14. The zero-order chi connectivity index (χ0) is 15.5. The van der Waals surface area contributed by atoms with E-state index in [0.717, 1.165) is 32.8 Å². The highest BCUT2D eigenvalue weighted by molar-refractivity contribution is 5.89. The summed E-state index contributed by atoms with van der Waals surface area (Å²) in [4.78, 5) is 27.4. The van der Waals surface area contributed by atoms with Crippen LogP contribution in [0.5, 0.6) is 0 Å². The molecule has 1 atom stereocenters. The lowest BCUT2D eigenvalue weighted by Crippen LogP contribution is -3.14. The van der Waals surface area contributed by atoms with E-state index >= 15 is 0 Å². The Bertz CT molecular complexity index is 386. The van der Waals surface area contributed by atoms with Gasteiger partial charge in [-0.25, -0.2) is 0 Å². The molecule has 2 saturated heterocycles. The van der Waals surface area contributed by atoms with Crippen LogP contribution < -0.4 is 10.2 Å². The third-order valence-electron chi connectivity index (χ3n) is 4.28. The highest BCUT2D eigenvalue weighted by Crippen LogP contribution is 2.25. The van der Waals surface area contributed by atoms with Gasteiger partial charge in [0.15, 0.2) is 0 Å². The van der Waals surface area contributed by atoms with Crippen LogP contribution in [-0.2, 0) is 14.3 Å². The van der Waals surface area contributed by atoms with Crippen molar-refractivity contribution in [1.29, 1.82) is 0 Å². The van der Waals surface area contributed by atoms with Gasteiger partial charge >= 0.3 is 0 Å². The Morgan fingerprint density at radius 2 is 2.05 bits per heavy atom. The van der Waals surface area contributed by atoms with E-state index in [-0.39, 0.29) is 23.3 Å². The number of ether oxygens (including phenoxy) is 1. The Kier molecular flexibility index (Phi) is 5.22. The van der Waals surface area contributed by atoms with E-state index in [4.69, 9.17) is 4.74 Å². The predicted octanol–water partition coefficient (Wildman–Crippen LogP) is -1.34. The first-order chi connectivity index (χ1) is 9.88. The van der Waals surface area contributed by atoms with Gasteiger partial charge in [0.25, 0.3) is 0 Å². The second-order valence-corrected chi connectivity index (χ2v) is 6.98. The molecule has 0 bridgehead atoms. The summed E-state index contributed by atoms with van der Waals surface area (Å²) in [6.07, 6.45) is 0.341. The Balaban J connectivity index is 1.73. The number of carbonyl (C=O) groups is 2. The van der Waals surface area contributed by atoms with Crippen molar-refractivity contribution in [3.05, 3.63) is 0 Å². The summed E-state index contributed by atoms with van der Waals surface area (Å²) in [6, 6.07) is 0. The summed E-state index contributed by atoms with van der Waals surface area (Å²) < 4.78 is 5.31. The molecule has 6 nitrogen and oxygen atoms in total. The zero-order valence-corrected chi connectivity index (χ0v) is 13.4. The topological polar surface area (TPSA) is 63.1 Å². The first-order valence-electron chi connectivity index (χ1n) is 7.87. The molecular formula is C15H28N3O3+. The van der Waals surface area contributed by atoms with Crippen molar-refractivity contribution >= 4 is 11.8 Å². The number of nitrogens with one attached hydrogen (secondary N) is 2. The summed E-state index contributed by atoms with van der Waals surface area (Å²) in [5, 5.41) is 2.98. The van der Waals surface area contributed by atoms with E-state index in [2.05, 4.69) is 5.32 Å². The molecular weight excluding hydrogens is 270 g/mol. The van der Waals surface area contributed by atoms with Crippen LogP contribution in [0.4, 0.5) is 0 Å². The van der Waals surface area contributed by atoms with E-state index in [1.54, 1.807) is 0 Å². The van der Waals surface area contributed by atoms with E-state index in [1.807, 2.05) is 25.7 Å². The van der Waals surface area contributed by atoms with Crippen molar-refractivity contribution in [3.8, 4) is 0 Å². The average molecular weight is 298 g/mol. The molecule has 0 spiro atoms. The molecule has 6 heteroatoms. The molecule has 21 heavy (non-hydrogen) atoms. The maximum Gasteiger partial charge on any atom is 0.225 e. The van der Waals surface area contributed by atoms with Crippen molar-refractivity contribution < 1.29 is 19.2 Å². The molecule has 2 rings (SSSR count). The highest BCUT2D eigenvalue weighted by atomic mass is 16.5. The standard InChI is InChI=1S/C15H27N3O3/c1-15(2,3)18-11-12(10-13(18)19)14(20)16-4-5-17-6-8-21-9-7-17/h12H,4-11H2,1-3H3,(H,16,20)/p+1/t12-/m0/s1. The quantitative estimate of drug-likeness (QED) is 0.676. The highest BCUT2D eigenvalue weighted by Gasteiger charge is 2.39. The molecule has 0 aromatic rings. The van der Waals surface area contributed by atoms with Gasteiger partial charge in [-0.15, -0.1) is 0 Å². The Morgan fingerprint density at radius 3 is 2.62 bits per heavy atom. The number of quaternary nitrogens is 1. The van der Waals surface area contributed by atoms with Crippen LogP contribution in [0, 0.1) is 5.92 Å². The minimum atomic E-state index is -0.204. The first-order valence-corrected chi connectivity index (χ1v) is 7.87. The summed E-state index contributed by atoms with van der Waals surface area (Å²) in [5.41, 5.74) is -0.204. The molecule has 0 aromatic heterocycles. The van der Waals surface area contributed by atoms with Crippen LogP contribution in [0.2, 0.25) is 0 Å². The molecule has 0 unspecified atom stereocenters. The van der Waals surface area contributed by atoms with E-state index in [0.29, 0.717) is 19.5 Å². The van der Waals surface area contributed by atoms with Gasteiger partial charge in [-0.05, 0) is 20.8 Å². The molecule has 2 fully saturated rings. The molecule has 0 saturated carbocycles. The molecule has 120 valence electrons. The van der Waals surface area contributed by atoms with Crippen molar-refractivity contribution in [2.24, 2.45) is 5.92 Å². The van der Waals surface area contributed by atoms with Crippen LogP contribution >= 0.6 is 0 Å². The minimum Gasteiger partial charge on any atom is -0.370 e. The van der Waals surface area contributed by atoms with Crippen LogP contribution in [0.1, 0.15) is 27.2 Å². The van der Waals surface area contributed by atoms with Gasteiger partial charge in [0.1, 0.15) is 13.1 Å². The van der Waals surface area contributed by atoms with Crippen molar-refractivity contribution in [3.63, 3.8) is 0 Å². The Morgan fingerprint density at radius 1 is 1.38 bits per heavy atom. The van der Waals surface area contributed by atoms with Gasteiger partial charge in [0.05, 0.1) is 32.2 Å². The largest absolute Gasteiger partial charge is 0.370 e. The molecule has 2 heterocycles. The lowest BCUT2D eigenvalue weighted by atomic mass is 10.1. The zero-order valence-electron chi connectivity index (χ0n) is 13.4. The van der Waals surface area contributed by atoms with Crippen LogP contribution in [0.3, 0.4) is 0 Å². The van der Waals surface area contributed by atoms with Crippen molar-refractivity contribution in [1.82, 2.24) is 10.2 Å². The van der Waals surface area contributed by atoms with Gasteiger partial charge in [-0.3, -0.25) is 9.59 Å². The fraction of sp³-hybridized carbons (Fsp3) is 0.867. The predicted molar refractivity (Wildman–Crippen MR) is 79.0 cm³/mol. The van der Waals surface area contributed by atoms with Gasteiger partial charge < -0.3 is 19.9 Å². The summed E-state index contributed by atoms with van der Waals surface area (Å²) in [6.45, 7) is 11.8. The monoisotopic (exact) mass is 298 g/mol. The molecule has 2 aliphatic rings. The number of likely N-dealkylation sites (tertiary alicyclic amines) is 1. The third-order valence-corrected chi connectivity index (χ3v) is 4.28.